The quantitative estimate of drug-likeness (QED) is 0.846. The smallest absolute Gasteiger partial charge is 0.0384 e. The van der Waals surface area contributed by atoms with Crippen molar-refractivity contribution in [2.24, 2.45) is 17.6 Å². The van der Waals surface area contributed by atoms with Gasteiger partial charge >= 0.3 is 0 Å². The first-order chi connectivity index (χ1) is 9.28. The highest BCUT2D eigenvalue weighted by atomic mass is 15.3. The second-order valence-electron chi connectivity index (χ2n) is 7.04. The monoisotopic (exact) mass is 265 g/mol. The Kier molecular flexibility index (Phi) is 4.16. The first-order valence-corrected chi connectivity index (χ1v) is 8.46. The fourth-order valence-electron chi connectivity index (χ4n) is 4.86. The van der Waals surface area contributed by atoms with Crippen LogP contribution in [0.1, 0.15) is 45.4 Å². The van der Waals surface area contributed by atoms with E-state index in [0.29, 0.717) is 5.54 Å². The van der Waals surface area contributed by atoms with Gasteiger partial charge in [-0.15, -0.1) is 0 Å². The number of hydrogen-bond acceptors (Lipinski definition) is 3. The molecule has 0 radical (unpaired) electrons. The lowest BCUT2D eigenvalue weighted by Crippen LogP contribution is -2.62. The van der Waals surface area contributed by atoms with Crippen molar-refractivity contribution in [1.82, 2.24) is 9.80 Å². The Hall–Kier alpha value is -0.120. The summed E-state index contributed by atoms with van der Waals surface area (Å²) < 4.78 is 0. The summed E-state index contributed by atoms with van der Waals surface area (Å²) in [6, 6.07) is 0. The third-order valence-corrected chi connectivity index (χ3v) is 6.30. The van der Waals surface area contributed by atoms with Gasteiger partial charge in [0.1, 0.15) is 0 Å². The Morgan fingerprint density at radius 1 is 1.11 bits per heavy atom. The number of piperidine rings is 1. The fraction of sp³-hybridized carbons (Fsp3) is 1.00. The summed E-state index contributed by atoms with van der Waals surface area (Å²) in [6.07, 6.45) is 8.27. The molecule has 0 spiro atoms. The summed E-state index contributed by atoms with van der Waals surface area (Å²) in [4.78, 5) is 5.46. The number of nitrogens with zero attached hydrogens (tertiary/aromatic N) is 2. The molecule has 3 rings (SSSR count). The molecule has 0 amide bonds. The van der Waals surface area contributed by atoms with Crippen molar-refractivity contribution >= 4 is 0 Å². The number of hydrogen-bond donors (Lipinski definition) is 1. The van der Waals surface area contributed by atoms with Crippen LogP contribution in [0.15, 0.2) is 0 Å². The topological polar surface area (TPSA) is 32.5 Å². The van der Waals surface area contributed by atoms with Crippen molar-refractivity contribution < 1.29 is 0 Å². The molecule has 0 saturated carbocycles. The van der Waals surface area contributed by atoms with E-state index >= 15 is 0 Å². The maximum Gasteiger partial charge on any atom is 0.0384 e. The van der Waals surface area contributed by atoms with Gasteiger partial charge in [0.15, 0.2) is 0 Å². The molecular weight excluding hydrogens is 234 g/mol. The van der Waals surface area contributed by atoms with Crippen molar-refractivity contribution in [1.29, 1.82) is 0 Å². The Bertz CT molecular complexity index is 306. The Morgan fingerprint density at radius 2 is 2.00 bits per heavy atom. The van der Waals surface area contributed by atoms with E-state index in [1.807, 2.05) is 0 Å². The number of rotatable bonds is 3. The molecule has 2 N–H and O–H groups in total. The molecule has 3 nitrogen and oxygen atoms in total. The highest BCUT2D eigenvalue weighted by molar-refractivity contribution is 5.05. The third kappa shape index (κ3) is 2.45. The lowest BCUT2D eigenvalue weighted by Gasteiger charge is -2.50. The summed E-state index contributed by atoms with van der Waals surface area (Å²) in [6.45, 7) is 9.73. The molecule has 0 aliphatic carbocycles. The van der Waals surface area contributed by atoms with Gasteiger partial charge in [-0.05, 0) is 70.1 Å². The molecule has 110 valence electrons. The van der Waals surface area contributed by atoms with E-state index in [4.69, 9.17) is 5.73 Å². The van der Waals surface area contributed by atoms with E-state index in [1.165, 1.54) is 71.2 Å². The van der Waals surface area contributed by atoms with Gasteiger partial charge in [-0.3, -0.25) is 4.90 Å². The predicted molar refractivity (Wildman–Crippen MR) is 80.2 cm³/mol. The van der Waals surface area contributed by atoms with Gasteiger partial charge < -0.3 is 10.6 Å². The fourth-order valence-corrected chi connectivity index (χ4v) is 4.86. The molecular formula is C16H31N3. The van der Waals surface area contributed by atoms with Crippen molar-refractivity contribution in [3.63, 3.8) is 0 Å². The molecule has 3 heterocycles. The Balaban J connectivity index is 1.74. The predicted octanol–water partition coefficient (Wildman–Crippen LogP) is 1.92. The third-order valence-electron chi connectivity index (χ3n) is 6.30. The summed E-state index contributed by atoms with van der Waals surface area (Å²) in [5.74, 6) is 1.80. The number of fused-ring (bicyclic) bond motifs is 2. The van der Waals surface area contributed by atoms with Gasteiger partial charge in [0.05, 0.1) is 0 Å². The minimum atomic E-state index is 0.343. The normalized spacial score (nSPS) is 44.2. The minimum Gasteiger partial charge on any atom is -0.329 e. The van der Waals surface area contributed by atoms with Crippen LogP contribution in [0.5, 0.6) is 0 Å². The van der Waals surface area contributed by atoms with Gasteiger partial charge in [0.2, 0.25) is 0 Å². The molecule has 0 aromatic rings. The van der Waals surface area contributed by atoms with Gasteiger partial charge in [-0.1, -0.05) is 13.3 Å². The first kappa shape index (κ1) is 13.8. The van der Waals surface area contributed by atoms with Crippen LogP contribution in [0.2, 0.25) is 0 Å². The molecule has 19 heavy (non-hydrogen) atoms. The van der Waals surface area contributed by atoms with Crippen molar-refractivity contribution in [3.8, 4) is 0 Å². The zero-order valence-corrected chi connectivity index (χ0v) is 12.6. The summed E-state index contributed by atoms with van der Waals surface area (Å²) >= 11 is 0. The molecule has 3 heteroatoms. The average Bonchev–Trinajstić information content (AvgIpc) is 2.70. The average molecular weight is 265 g/mol. The Labute approximate surface area is 118 Å². The highest BCUT2D eigenvalue weighted by Crippen LogP contribution is 2.40. The van der Waals surface area contributed by atoms with Crippen LogP contribution in [0.3, 0.4) is 0 Å². The highest BCUT2D eigenvalue weighted by Gasteiger charge is 2.48. The van der Waals surface area contributed by atoms with Crippen LogP contribution in [0, 0.1) is 11.8 Å². The molecule has 3 fully saturated rings. The van der Waals surface area contributed by atoms with Crippen LogP contribution in [0.25, 0.3) is 0 Å². The van der Waals surface area contributed by atoms with Gasteiger partial charge in [0, 0.05) is 18.6 Å². The summed E-state index contributed by atoms with van der Waals surface area (Å²) in [7, 11) is 0. The molecule has 2 bridgehead atoms. The lowest BCUT2D eigenvalue weighted by molar-refractivity contribution is 0.00929. The van der Waals surface area contributed by atoms with E-state index in [9.17, 15) is 0 Å². The number of nitrogens with two attached hydrogens (primary N) is 1. The molecule has 4 unspecified atom stereocenters. The van der Waals surface area contributed by atoms with E-state index in [1.54, 1.807) is 0 Å². The first-order valence-electron chi connectivity index (χ1n) is 8.46. The molecule has 4 atom stereocenters. The van der Waals surface area contributed by atoms with Crippen molar-refractivity contribution in [3.05, 3.63) is 0 Å². The van der Waals surface area contributed by atoms with Gasteiger partial charge in [-0.2, -0.15) is 0 Å². The zero-order chi connectivity index (χ0) is 13.3. The maximum absolute atomic E-state index is 6.31. The molecule has 3 saturated heterocycles. The Morgan fingerprint density at radius 3 is 2.79 bits per heavy atom. The second-order valence-corrected chi connectivity index (χ2v) is 7.04. The minimum absolute atomic E-state index is 0.343. The lowest BCUT2D eigenvalue weighted by atomic mass is 9.77. The standard InChI is InChI=1S/C16H31N3/c1-2-14-4-3-8-19(10-5-14)16(13-17)7-11-18-9-6-15(16)12-18/h14-15H,2-13,17H2,1H3. The van der Waals surface area contributed by atoms with Crippen molar-refractivity contribution in [2.75, 3.05) is 39.3 Å². The van der Waals surface area contributed by atoms with Gasteiger partial charge in [-0.25, -0.2) is 0 Å². The maximum atomic E-state index is 6.31. The van der Waals surface area contributed by atoms with Crippen LogP contribution < -0.4 is 5.73 Å². The van der Waals surface area contributed by atoms with E-state index in [-0.39, 0.29) is 0 Å². The molecule has 3 aliphatic heterocycles. The van der Waals surface area contributed by atoms with Crippen LogP contribution in [0.4, 0.5) is 0 Å². The van der Waals surface area contributed by atoms with Gasteiger partial charge in [0.25, 0.3) is 0 Å². The van der Waals surface area contributed by atoms with Crippen molar-refractivity contribution in [2.45, 2.75) is 51.0 Å². The van der Waals surface area contributed by atoms with Crippen LogP contribution in [-0.2, 0) is 0 Å². The van der Waals surface area contributed by atoms with Crippen LogP contribution >= 0.6 is 0 Å². The summed E-state index contributed by atoms with van der Waals surface area (Å²) in [5.41, 5.74) is 6.65. The van der Waals surface area contributed by atoms with E-state index in [2.05, 4.69) is 16.7 Å². The van der Waals surface area contributed by atoms with Crippen LogP contribution in [-0.4, -0.2) is 54.6 Å². The summed E-state index contributed by atoms with van der Waals surface area (Å²) in [5, 5.41) is 0. The zero-order valence-electron chi connectivity index (χ0n) is 12.6. The molecule has 0 aromatic heterocycles. The second kappa shape index (κ2) is 5.71. The SMILES string of the molecule is CCC1CCCN(C2(CN)CCN3CCC2C3)CC1. The number of likely N-dealkylation sites (tertiary alicyclic amines) is 1. The largest absolute Gasteiger partial charge is 0.329 e. The molecule has 3 aliphatic rings. The van der Waals surface area contributed by atoms with E-state index < -0.39 is 0 Å². The molecule has 0 aromatic carbocycles. The van der Waals surface area contributed by atoms with E-state index in [0.717, 1.165) is 18.4 Å².